The highest BCUT2D eigenvalue weighted by Crippen LogP contribution is 2.43. The van der Waals surface area contributed by atoms with Gasteiger partial charge in [0.1, 0.15) is 6.04 Å². The molecule has 1 aromatic heterocycles. The first-order valence-electron chi connectivity index (χ1n) is 6.09. The Morgan fingerprint density at radius 3 is 2.77 bits per heavy atom. The summed E-state index contributed by atoms with van der Waals surface area (Å²) in [6.45, 7) is 0.0780. The molecule has 1 saturated heterocycles. The number of amides is 3. The van der Waals surface area contributed by atoms with Gasteiger partial charge in [0.25, 0.3) is 0 Å². The summed E-state index contributed by atoms with van der Waals surface area (Å²) in [6, 6.07) is -3.14. The molecule has 13 heteroatoms. The van der Waals surface area contributed by atoms with Crippen molar-refractivity contribution in [2.45, 2.75) is 12.1 Å². The van der Waals surface area contributed by atoms with Crippen LogP contribution in [-0.4, -0.2) is 57.9 Å². The van der Waals surface area contributed by atoms with Crippen molar-refractivity contribution in [1.82, 2.24) is 19.7 Å². The van der Waals surface area contributed by atoms with E-state index in [-0.39, 0.29) is 13.1 Å². The van der Waals surface area contributed by atoms with E-state index in [4.69, 9.17) is 16.0 Å². The van der Waals surface area contributed by atoms with Gasteiger partial charge in [-0.3, -0.25) is 4.55 Å². The standard InChI is InChI=1S/C9H12N6O6S/c10-1-5-7-4(2-14(12-7)8(11)16)6-3-13(5)9(17)15(6)21-22(18,19)20/h2,5-6H,1,3,10H2,(H2,11,16)(H,18,19,20). The second kappa shape index (κ2) is 4.64. The van der Waals surface area contributed by atoms with E-state index >= 15 is 0 Å². The Kier molecular flexibility index (Phi) is 3.10. The van der Waals surface area contributed by atoms with E-state index in [9.17, 15) is 18.0 Å². The van der Waals surface area contributed by atoms with Gasteiger partial charge in [-0.2, -0.15) is 23.3 Å². The minimum atomic E-state index is -4.89. The number of nitrogens with two attached hydrogens (primary N) is 2. The third kappa shape index (κ3) is 2.10. The minimum absolute atomic E-state index is 0.000943. The van der Waals surface area contributed by atoms with Crippen LogP contribution in [-0.2, 0) is 14.7 Å². The number of aromatic nitrogens is 2. The number of carbonyl (C=O) groups excluding carboxylic acids is 2. The molecule has 2 bridgehead atoms. The molecule has 3 heterocycles. The van der Waals surface area contributed by atoms with E-state index in [2.05, 4.69) is 9.38 Å². The highest BCUT2D eigenvalue weighted by molar-refractivity contribution is 7.80. The lowest BCUT2D eigenvalue weighted by Gasteiger charge is -2.28. The average molecular weight is 332 g/mol. The van der Waals surface area contributed by atoms with Crippen LogP contribution in [0, 0.1) is 0 Å². The second-order valence-corrected chi connectivity index (χ2v) is 5.79. The molecule has 2 aliphatic heterocycles. The fraction of sp³-hybridized carbons (Fsp3) is 0.444. The van der Waals surface area contributed by atoms with Gasteiger partial charge in [-0.25, -0.2) is 9.59 Å². The van der Waals surface area contributed by atoms with Gasteiger partial charge in [0, 0.05) is 18.3 Å². The zero-order valence-corrected chi connectivity index (χ0v) is 11.8. The third-order valence-corrected chi connectivity index (χ3v) is 3.88. The Hall–Kier alpha value is -2.22. The normalized spacial score (nSPS) is 23.8. The highest BCUT2D eigenvalue weighted by Gasteiger charge is 2.51. The maximum absolute atomic E-state index is 12.2. The third-order valence-electron chi connectivity index (χ3n) is 3.53. The lowest BCUT2D eigenvalue weighted by molar-refractivity contribution is -0.0317. The number of carbonyl (C=O) groups is 2. The van der Waals surface area contributed by atoms with E-state index < -0.39 is 34.5 Å². The lowest BCUT2D eigenvalue weighted by Crippen LogP contribution is -2.38. The van der Waals surface area contributed by atoms with Crippen LogP contribution < -0.4 is 11.5 Å². The summed E-state index contributed by atoms with van der Waals surface area (Å²) in [6.07, 6.45) is 1.28. The molecule has 3 rings (SSSR count). The predicted octanol–water partition coefficient (Wildman–Crippen LogP) is -1.66. The molecule has 0 saturated carbocycles. The smallest absolute Gasteiger partial charge is 0.350 e. The number of rotatable bonds is 3. The maximum Gasteiger partial charge on any atom is 0.418 e. The van der Waals surface area contributed by atoms with Crippen molar-refractivity contribution < 1.29 is 26.8 Å². The number of hydroxylamine groups is 2. The lowest BCUT2D eigenvalue weighted by atomic mass is 9.98. The number of hydrogen-bond acceptors (Lipinski definition) is 7. The summed E-state index contributed by atoms with van der Waals surface area (Å²) in [4.78, 5) is 24.7. The quantitative estimate of drug-likeness (QED) is 0.551. The molecule has 0 aliphatic carbocycles. The molecular weight excluding hydrogens is 320 g/mol. The van der Waals surface area contributed by atoms with Crippen molar-refractivity contribution >= 4 is 22.5 Å². The van der Waals surface area contributed by atoms with Crippen LogP contribution in [0.2, 0.25) is 0 Å². The van der Waals surface area contributed by atoms with Crippen molar-refractivity contribution in [1.29, 1.82) is 0 Å². The van der Waals surface area contributed by atoms with E-state index in [0.717, 1.165) is 4.68 Å². The zero-order valence-electron chi connectivity index (χ0n) is 11.0. The molecule has 0 radical (unpaired) electrons. The van der Waals surface area contributed by atoms with Crippen LogP contribution in [0.3, 0.4) is 0 Å². The molecule has 2 aliphatic rings. The summed E-state index contributed by atoms with van der Waals surface area (Å²) in [5.74, 6) is 0. The molecule has 3 amide bonds. The molecule has 0 spiro atoms. The molecule has 2 unspecified atom stereocenters. The van der Waals surface area contributed by atoms with Gasteiger partial charge in [-0.1, -0.05) is 0 Å². The number of primary amides is 1. The number of fused-ring (bicyclic) bond motifs is 4. The fourth-order valence-electron chi connectivity index (χ4n) is 2.68. The molecule has 1 fully saturated rings. The zero-order chi connectivity index (χ0) is 16.2. The Morgan fingerprint density at radius 2 is 2.23 bits per heavy atom. The van der Waals surface area contributed by atoms with Crippen molar-refractivity contribution in [3.8, 4) is 0 Å². The second-order valence-electron chi connectivity index (χ2n) is 4.78. The largest absolute Gasteiger partial charge is 0.418 e. The van der Waals surface area contributed by atoms with Crippen molar-refractivity contribution in [2.24, 2.45) is 11.5 Å². The molecule has 0 aromatic carbocycles. The van der Waals surface area contributed by atoms with E-state index in [1.165, 1.54) is 11.1 Å². The van der Waals surface area contributed by atoms with Gasteiger partial charge in [0.15, 0.2) is 0 Å². The van der Waals surface area contributed by atoms with Crippen LogP contribution >= 0.6 is 0 Å². The van der Waals surface area contributed by atoms with Crippen LogP contribution in [0.15, 0.2) is 6.20 Å². The van der Waals surface area contributed by atoms with Gasteiger partial charge < -0.3 is 16.4 Å². The Labute approximate surface area is 124 Å². The van der Waals surface area contributed by atoms with Crippen LogP contribution in [0.5, 0.6) is 0 Å². The highest BCUT2D eigenvalue weighted by atomic mass is 32.3. The summed E-state index contributed by atoms with van der Waals surface area (Å²) in [7, 11) is -4.89. The SMILES string of the molecule is NCC1c2nn(C(N)=O)cc2C2CN1C(=O)N2OS(=O)(=O)O. The van der Waals surface area contributed by atoms with Gasteiger partial charge in [-0.05, 0) is 0 Å². The monoisotopic (exact) mass is 332 g/mol. The molecule has 22 heavy (non-hydrogen) atoms. The van der Waals surface area contributed by atoms with Crippen LogP contribution in [0.4, 0.5) is 9.59 Å². The molecule has 2 atom stereocenters. The number of urea groups is 1. The van der Waals surface area contributed by atoms with E-state index in [1.807, 2.05) is 0 Å². The topological polar surface area (TPSA) is 174 Å². The van der Waals surface area contributed by atoms with Gasteiger partial charge in [0.05, 0.1) is 18.3 Å². The van der Waals surface area contributed by atoms with Crippen molar-refractivity contribution in [2.75, 3.05) is 13.1 Å². The predicted molar refractivity (Wildman–Crippen MR) is 68.3 cm³/mol. The summed E-state index contributed by atoms with van der Waals surface area (Å²) >= 11 is 0. The molecule has 12 nitrogen and oxygen atoms in total. The van der Waals surface area contributed by atoms with Gasteiger partial charge >= 0.3 is 22.5 Å². The Bertz CT molecular complexity index is 759. The van der Waals surface area contributed by atoms with Gasteiger partial charge in [-0.15, -0.1) is 4.28 Å². The van der Waals surface area contributed by atoms with Crippen molar-refractivity contribution in [3.63, 3.8) is 0 Å². The Balaban J connectivity index is 2.08. The van der Waals surface area contributed by atoms with Crippen molar-refractivity contribution in [3.05, 3.63) is 17.5 Å². The molecular formula is C9H12N6O6S. The van der Waals surface area contributed by atoms with Crippen LogP contribution in [0.1, 0.15) is 23.3 Å². The fourth-order valence-corrected chi connectivity index (χ4v) is 3.06. The Morgan fingerprint density at radius 1 is 1.55 bits per heavy atom. The number of nitrogens with zero attached hydrogens (tertiary/aromatic N) is 4. The first kappa shape index (κ1) is 14.7. The van der Waals surface area contributed by atoms with Crippen LogP contribution in [0.25, 0.3) is 0 Å². The first-order valence-corrected chi connectivity index (χ1v) is 7.45. The average Bonchev–Trinajstić information content (AvgIpc) is 2.95. The molecule has 120 valence electrons. The summed E-state index contributed by atoms with van der Waals surface area (Å²) < 4.78 is 35.8. The minimum Gasteiger partial charge on any atom is -0.350 e. The maximum atomic E-state index is 12.2. The molecule has 1 aromatic rings. The number of hydrogen-bond donors (Lipinski definition) is 3. The summed E-state index contributed by atoms with van der Waals surface area (Å²) in [5, 5.41) is 4.49. The molecule has 5 N–H and O–H groups in total. The van der Waals surface area contributed by atoms with E-state index in [1.54, 1.807) is 0 Å². The van der Waals surface area contributed by atoms with Gasteiger partial charge in [0.2, 0.25) is 0 Å². The van der Waals surface area contributed by atoms with E-state index in [0.29, 0.717) is 16.3 Å². The first-order chi connectivity index (χ1) is 10.2. The summed E-state index contributed by atoms with van der Waals surface area (Å²) in [5.41, 5.74) is 11.5.